The number of nitrogens with zero attached hydrogens (tertiary/aromatic N) is 1. The van der Waals surface area contributed by atoms with Crippen LogP contribution < -0.4 is 0 Å². The van der Waals surface area contributed by atoms with E-state index in [-0.39, 0.29) is 13.2 Å². The average molecular weight is 456 g/mol. The van der Waals surface area contributed by atoms with Crippen LogP contribution in [0.25, 0.3) is 6.08 Å². The maximum absolute atomic E-state index is 13.0. The third-order valence-corrected chi connectivity index (χ3v) is 5.00. The lowest BCUT2D eigenvalue weighted by atomic mass is 9.74. The first-order valence-electron chi connectivity index (χ1n) is 11.1. The minimum atomic E-state index is -0.802. The third-order valence-electron chi connectivity index (χ3n) is 5.00. The number of rotatable bonds is 7. The van der Waals surface area contributed by atoms with Crippen molar-refractivity contribution in [1.29, 1.82) is 0 Å². The fourth-order valence-corrected chi connectivity index (χ4v) is 3.82. The number of carbonyl (C=O) groups is 3. The van der Waals surface area contributed by atoms with Gasteiger partial charge in [0.15, 0.2) is 0 Å². The van der Waals surface area contributed by atoms with Crippen LogP contribution in [0.1, 0.15) is 65.5 Å². The largest absolute Gasteiger partial charge is 0.465 e. The minimum Gasteiger partial charge on any atom is -0.465 e. The highest BCUT2D eigenvalue weighted by Gasteiger charge is 2.43. The maximum atomic E-state index is 13.0. The van der Waals surface area contributed by atoms with E-state index in [9.17, 15) is 14.4 Å². The van der Waals surface area contributed by atoms with E-state index in [0.717, 1.165) is 0 Å². The summed E-state index contributed by atoms with van der Waals surface area (Å²) in [7, 11) is 0. The molecule has 0 bridgehead atoms. The molecule has 1 aromatic carbocycles. The molecular formula is C26H33NO6. The molecule has 0 saturated heterocycles. The van der Waals surface area contributed by atoms with Gasteiger partial charge < -0.3 is 14.2 Å². The summed E-state index contributed by atoms with van der Waals surface area (Å²) >= 11 is 0. The van der Waals surface area contributed by atoms with Crippen molar-refractivity contribution in [3.8, 4) is 0 Å². The Balaban J connectivity index is 2.63. The first-order chi connectivity index (χ1) is 15.5. The summed E-state index contributed by atoms with van der Waals surface area (Å²) in [4.78, 5) is 42.7. The molecule has 7 heteroatoms. The number of esters is 3. The molecule has 1 aromatic rings. The summed E-state index contributed by atoms with van der Waals surface area (Å²) in [6, 6.07) is 7.29. The monoisotopic (exact) mass is 455 g/mol. The number of allylic oxidation sites excluding steroid dienone is 1. The Labute approximate surface area is 195 Å². The van der Waals surface area contributed by atoms with Gasteiger partial charge in [-0.1, -0.05) is 24.3 Å². The van der Waals surface area contributed by atoms with Crippen LogP contribution in [-0.4, -0.2) is 42.4 Å². The SMILES string of the molecule is CCOC(=O)C1=C(C)N=C(C)C(C(=O)OCC)C1c1ccccc1/C=C/C(=O)OC(C)(C)C. The summed E-state index contributed by atoms with van der Waals surface area (Å²) in [5.74, 6) is -2.97. The number of carbonyl (C=O) groups excluding carboxylic acids is 3. The third kappa shape index (κ3) is 6.63. The molecule has 2 atom stereocenters. The van der Waals surface area contributed by atoms with Gasteiger partial charge in [0, 0.05) is 23.4 Å². The molecule has 33 heavy (non-hydrogen) atoms. The zero-order chi connectivity index (χ0) is 24.8. The van der Waals surface area contributed by atoms with Gasteiger partial charge in [0.05, 0.1) is 18.8 Å². The molecule has 1 aliphatic heterocycles. The Bertz CT molecular complexity index is 996. The average Bonchev–Trinajstić information content (AvgIpc) is 2.71. The second-order valence-electron chi connectivity index (χ2n) is 8.68. The van der Waals surface area contributed by atoms with E-state index in [0.29, 0.717) is 28.1 Å². The second-order valence-corrected chi connectivity index (χ2v) is 8.68. The van der Waals surface area contributed by atoms with Gasteiger partial charge >= 0.3 is 17.9 Å². The lowest BCUT2D eigenvalue weighted by Crippen LogP contribution is -2.37. The first kappa shape index (κ1) is 26.0. The van der Waals surface area contributed by atoms with Crippen molar-refractivity contribution in [3.63, 3.8) is 0 Å². The number of ether oxygens (including phenoxy) is 3. The van der Waals surface area contributed by atoms with Crippen LogP contribution in [0.5, 0.6) is 0 Å². The van der Waals surface area contributed by atoms with Gasteiger partial charge in [-0.3, -0.25) is 9.79 Å². The molecule has 0 N–H and O–H groups in total. The molecular weight excluding hydrogens is 422 g/mol. The Morgan fingerprint density at radius 2 is 1.67 bits per heavy atom. The number of hydrogen-bond donors (Lipinski definition) is 0. The maximum Gasteiger partial charge on any atom is 0.336 e. The smallest absolute Gasteiger partial charge is 0.336 e. The Morgan fingerprint density at radius 1 is 1.03 bits per heavy atom. The predicted octanol–water partition coefficient (Wildman–Crippen LogP) is 4.62. The highest BCUT2D eigenvalue weighted by atomic mass is 16.6. The van der Waals surface area contributed by atoms with Crippen molar-refractivity contribution in [2.45, 2.75) is 60.0 Å². The molecule has 1 aliphatic rings. The van der Waals surface area contributed by atoms with Gasteiger partial charge in [-0.05, 0) is 65.7 Å². The van der Waals surface area contributed by atoms with Gasteiger partial charge in [0.2, 0.25) is 0 Å². The summed E-state index contributed by atoms with van der Waals surface area (Å²) < 4.78 is 16.0. The van der Waals surface area contributed by atoms with Gasteiger partial charge in [0.25, 0.3) is 0 Å². The van der Waals surface area contributed by atoms with Crippen molar-refractivity contribution in [2.24, 2.45) is 10.9 Å². The number of hydrogen-bond acceptors (Lipinski definition) is 7. The van der Waals surface area contributed by atoms with Gasteiger partial charge in [-0.25, -0.2) is 9.59 Å². The Kier molecular flexibility index (Phi) is 8.74. The van der Waals surface area contributed by atoms with Gasteiger partial charge in [0.1, 0.15) is 11.5 Å². The van der Waals surface area contributed by atoms with Crippen LogP contribution in [0, 0.1) is 5.92 Å². The first-order valence-corrected chi connectivity index (χ1v) is 11.1. The second kappa shape index (κ2) is 11.1. The quantitative estimate of drug-likeness (QED) is 0.339. The molecule has 0 spiro atoms. The van der Waals surface area contributed by atoms with Crippen LogP contribution in [0.3, 0.4) is 0 Å². The molecule has 0 fully saturated rings. The van der Waals surface area contributed by atoms with Crippen molar-refractivity contribution in [1.82, 2.24) is 0 Å². The van der Waals surface area contributed by atoms with Crippen molar-refractivity contribution in [3.05, 3.63) is 52.7 Å². The topological polar surface area (TPSA) is 91.3 Å². The molecule has 0 saturated carbocycles. The normalized spacial score (nSPS) is 18.7. The highest BCUT2D eigenvalue weighted by Crippen LogP contribution is 2.41. The number of aliphatic imine (C=N–C) groups is 1. The molecule has 0 radical (unpaired) electrons. The summed E-state index contributed by atoms with van der Waals surface area (Å²) in [5.41, 5.74) is 2.08. The van der Waals surface area contributed by atoms with E-state index < -0.39 is 35.3 Å². The van der Waals surface area contributed by atoms with Crippen molar-refractivity contribution in [2.75, 3.05) is 13.2 Å². The molecule has 0 aromatic heterocycles. The minimum absolute atomic E-state index is 0.190. The molecule has 178 valence electrons. The van der Waals surface area contributed by atoms with E-state index in [1.165, 1.54) is 6.08 Å². The summed E-state index contributed by atoms with van der Waals surface area (Å²) in [6.45, 7) is 12.7. The standard InChI is InChI=1S/C26H33NO6/c1-8-31-24(29)21-16(3)27-17(4)22(25(30)32-9-2)23(21)19-13-11-10-12-18(19)14-15-20(28)33-26(5,6)7/h10-15,21,23H,8-9H2,1-7H3/b15-14+. The lowest BCUT2D eigenvalue weighted by molar-refractivity contribution is -0.149. The number of benzene rings is 1. The van der Waals surface area contributed by atoms with E-state index in [4.69, 9.17) is 14.2 Å². The molecule has 0 amide bonds. The summed E-state index contributed by atoms with van der Waals surface area (Å²) in [5, 5.41) is 0. The van der Waals surface area contributed by atoms with Crippen molar-refractivity contribution < 1.29 is 28.6 Å². The molecule has 2 unspecified atom stereocenters. The van der Waals surface area contributed by atoms with E-state index in [2.05, 4.69) is 4.99 Å². The van der Waals surface area contributed by atoms with Crippen LogP contribution in [0.15, 0.2) is 46.6 Å². The van der Waals surface area contributed by atoms with E-state index in [1.807, 2.05) is 24.3 Å². The van der Waals surface area contributed by atoms with Crippen molar-refractivity contribution >= 4 is 29.7 Å². The molecule has 1 heterocycles. The highest BCUT2D eigenvalue weighted by molar-refractivity contribution is 6.07. The van der Waals surface area contributed by atoms with E-state index in [1.54, 1.807) is 54.5 Å². The Hall–Kier alpha value is -3.22. The van der Waals surface area contributed by atoms with Crippen LogP contribution in [0.4, 0.5) is 0 Å². The van der Waals surface area contributed by atoms with Gasteiger partial charge in [-0.15, -0.1) is 0 Å². The van der Waals surface area contributed by atoms with Crippen LogP contribution in [0.2, 0.25) is 0 Å². The lowest BCUT2D eigenvalue weighted by Gasteiger charge is -2.32. The van der Waals surface area contributed by atoms with Crippen LogP contribution in [-0.2, 0) is 28.6 Å². The Morgan fingerprint density at radius 3 is 2.27 bits per heavy atom. The fourth-order valence-electron chi connectivity index (χ4n) is 3.82. The zero-order valence-corrected chi connectivity index (χ0v) is 20.4. The fraction of sp³-hybridized carbons (Fsp3) is 0.462. The zero-order valence-electron chi connectivity index (χ0n) is 20.4. The molecule has 2 rings (SSSR count). The van der Waals surface area contributed by atoms with Crippen LogP contribution >= 0.6 is 0 Å². The summed E-state index contributed by atoms with van der Waals surface area (Å²) in [6.07, 6.45) is 2.97. The molecule has 0 aliphatic carbocycles. The van der Waals surface area contributed by atoms with E-state index >= 15 is 0 Å². The van der Waals surface area contributed by atoms with Gasteiger partial charge in [-0.2, -0.15) is 0 Å². The predicted molar refractivity (Wildman–Crippen MR) is 127 cm³/mol. The molecule has 7 nitrogen and oxygen atoms in total.